The monoisotopic (exact) mass is 419 g/mol. The summed E-state index contributed by atoms with van der Waals surface area (Å²) in [4.78, 5) is 26.9. The van der Waals surface area contributed by atoms with E-state index in [0.717, 1.165) is 0 Å². The van der Waals surface area contributed by atoms with Crippen molar-refractivity contribution in [3.8, 4) is 5.75 Å². The second kappa shape index (κ2) is 8.25. The molecule has 0 aromatic heterocycles. The summed E-state index contributed by atoms with van der Waals surface area (Å²) in [5.74, 6) is -1.19. The number of rotatable bonds is 5. The van der Waals surface area contributed by atoms with Crippen LogP contribution in [0.25, 0.3) is 5.76 Å². The Morgan fingerprint density at radius 1 is 1.14 bits per heavy atom. The first kappa shape index (κ1) is 20.2. The number of carbonyl (C=O) groups excluding carboxylic acids is 2. The van der Waals surface area contributed by atoms with E-state index in [1.165, 1.54) is 18.1 Å². The highest BCUT2D eigenvalue weighted by Gasteiger charge is 2.45. The highest BCUT2D eigenvalue weighted by molar-refractivity contribution is 6.46. The molecule has 1 fully saturated rings. The Morgan fingerprint density at radius 2 is 1.82 bits per heavy atom. The van der Waals surface area contributed by atoms with Gasteiger partial charge in [-0.3, -0.25) is 9.59 Å². The summed E-state index contributed by atoms with van der Waals surface area (Å²) in [7, 11) is 1.48. The molecule has 1 aliphatic rings. The lowest BCUT2D eigenvalue weighted by Gasteiger charge is -2.25. The van der Waals surface area contributed by atoms with Gasteiger partial charge in [0.25, 0.3) is 11.7 Å². The number of nitrogens with zero attached hydrogens (tertiary/aromatic N) is 1. The normalized spacial score (nSPS) is 18.6. The van der Waals surface area contributed by atoms with Crippen molar-refractivity contribution in [2.45, 2.75) is 19.4 Å². The molecule has 3 rings (SSSR count). The van der Waals surface area contributed by atoms with Gasteiger partial charge in [0.2, 0.25) is 0 Å². The summed E-state index contributed by atoms with van der Waals surface area (Å²) in [6.45, 7) is 2.31. The van der Waals surface area contributed by atoms with Gasteiger partial charge in [0, 0.05) is 17.1 Å². The number of aliphatic hydroxyl groups is 1. The number of methoxy groups -OCH3 is 1. The van der Waals surface area contributed by atoms with E-state index in [0.29, 0.717) is 34.9 Å². The van der Waals surface area contributed by atoms with Crippen LogP contribution >= 0.6 is 23.2 Å². The number of aliphatic hydroxyl groups excluding tert-OH is 1. The first-order valence-electron chi connectivity index (χ1n) is 8.76. The van der Waals surface area contributed by atoms with Gasteiger partial charge in [-0.25, -0.2) is 0 Å². The van der Waals surface area contributed by atoms with Crippen molar-refractivity contribution >= 4 is 40.7 Å². The van der Waals surface area contributed by atoms with E-state index in [1.54, 1.807) is 36.4 Å². The zero-order valence-corrected chi connectivity index (χ0v) is 16.9. The third-order valence-corrected chi connectivity index (χ3v) is 5.16. The average Bonchev–Trinajstić information content (AvgIpc) is 2.93. The van der Waals surface area contributed by atoms with Gasteiger partial charge in [-0.15, -0.1) is 0 Å². The number of benzene rings is 2. The van der Waals surface area contributed by atoms with E-state index in [2.05, 4.69) is 0 Å². The molecule has 1 unspecified atom stereocenters. The van der Waals surface area contributed by atoms with Gasteiger partial charge in [-0.1, -0.05) is 42.3 Å². The number of ether oxygens (including phenoxy) is 1. The van der Waals surface area contributed by atoms with Gasteiger partial charge < -0.3 is 14.7 Å². The molecule has 0 spiro atoms. The van der Waals surface area contributed by atoms with Crippen molar-refractivity contribution in [2.75, 3.05) is 13.7 Å². The molecule has 1 saturated heterocycles. The highest BCUT2D eigenvalue weighted by atomic mass is 35.5. The van der Waals surface area contributed by atoms with Gasteiger partial charge >= 0.3 is 0 Å². The SMILES string of the molecule is CCCN1C(=O)C(=O)/C(=C(\O)c2ccc(OC)c(Cl)c2)C1c1ccc(Cl)cc1. The van der Waals surface area contributed by atoms with Crippen LogP contribution in [0, 0.1) is 0 Å². The van der Waals surface area contributed by atoms with E-state index < -0.39 is 17.7 Å². The fourth-order valence-corrected chi connectivity index (χ4v) is 3.70. The minimum absolute atomic E-state index is 0.0296. The minimum atomic E-state index is -0.724. The van der Waals surface area contributed by atoms with E-state index in [4.69, 9.17) is 27.9 Å². The molecule has 0 saturated carbocycles. The highest BCUT2D eigenvalue weighted by Crippen LogP contribution is 2.40. The summed E-state index contributed by atoms with van der Waals surface area (Å²) < 4.78 is 5.12. The number of hydrogen-bond donors (Lipinski definition) is 1. The quantitative estimate of drug-likeness (QED) is 0.427. The average molecular weight is 420 g/mol. The second-order valence-electron chi connectivity index (χ2n) is 6.39. The van der Waals surface area contributed by atoms with Gasteiger partial charge in [-0.2, -0.15) is 0 Å². The fourth-order valence-electron chi connectivity index (χ4n) is 3.31. The zero-order chi connectivity index (χ0) is 20.4. The molecule has 28 heavy (non-hydrogen) atoms. The van der Waals surface area contributed by atoms with E-state index in [-0.39, 0.29) is 16.4 Å². The standard InChI is InChI=1S/C21H19Cl2NO4/c1-3-10-24-18(12-4-7-14(22)8-5-12)17(20(26)21(24)27)19(25)13-6-9-16(28-2)15(23)11-13/h4-9,11,18,25H,3,10H2,1-2H3/b19-17-. The summed E-state index contributed by atoms with van der Waals surface area (Å²) in [6.07, 6.45) is 0.672. The molecule has 1 N–H and O–H groups in total. The number of likely N-dealkylation sites (tertiary alicyclic amines) is 1. The molecule has 1 heterocycles. The molecule has 2 aromatic rings. The molecule has 2 aromatic carbocycles. The van der Waals surface area contributed by atoms with Gasteiger partial charge in [0.05, 0.1) is 23.7 Å². The lowest BCUT2D eigenvalue weighted by molar-refractivity contribution is -0.139. The number of halogens is 2. The van der Waals surface area contributed by atoms with Crippen molar-refractivity contribution in [3.63, 3.8) is 0 Å². The van der Waals surface area contributed by atoms with Crippen LogP contribution in [0.1, 0.15) is 30.5 Å². The van der Waals surface area contributed by atoms with Crippen molar-refractivity contribution < 1.29 is 19.4 Å². The number of Topliss-reactive ketones (excluding diaryl/α,β-unsaturated/α-hetero) is 1. The fraction of sp³-hybridized carbons (Fsp3) is 0.238. The maximum Gasteiger partial charge on any atom is 0.295 e. The molecule has 0 aliphatic carbocycles. The summed E-state index contributed by atoms with van der Waals surface area (Å²) in [5, 5.41) is 11.8. The van der Waals surface area contributed by atoms with Crippen LogP contribution in [0.15, 0.2) is 48.0 Å². The van der Waals surface area contributed by atoms with Crippen LogP contribution in [0.2, 0.25) is 10.0 Å². The Kier molecular flexibility index (Phi) is 5.96. The molecular formula is C21H19Cl2NO4. The molecular weight excluding hydrogens is 401 g/mol. The molecule has 1 amide bonds. The summed E-state index contributed by atoms with van der Waals surface area (Å²) >= 11 is 12.1. The van der Waals surface area contributed by atoms with E-state index in [9.17, 15) is 14.7 Å². The topological polar surface area (TPSA) is 66.8 Å². The van der Waals surface area contributed by atoms with Gasteiger partial charge in [0.15, 0.2) is 0 Å². The van der Waals surface area contributed by atoms with Crippen LogP contribution in [-0.2, 0) is 9.59 Å². The maximum absolute atomic E-state index is 12.8. The molecule has 0 radical (unpaired) electrons. The molecule has 7 heteroatoms. The Labute approximate surface area is 173 Å². The van der Waals surface area contributed by atoms with Gasteiger partial charge in [0.1, 0.15) is 11.5 Å². The molecule has 5 nitrogen and oxygen atoms in total. The molecule has 1 aliphatic heterocycles. The molecule has 0 bridgehead atoms. The van der Waals surface area contributed by atoms with Crippen molar-refractivity contribution in [1.82, 2.24) is 4.90 Å². The Hall–Kier alpha value is -2.50. The Morgan fingerprint density at radius 3 is 2.39 bits per heavy atom. The smallest absolute Gasteiger partial charge is 0.295 e. The third kappa shape index (κ3) is 3.60. The summed E-state index contributed by atoms with van der Waals surface area (Å²) in [5.41, 5.74) is 1.06. The second-order valence-corrected chi connectivity index (χ2v) is 7.24. The van der Waals surface area contributed by atoms with E-state index >= 15 is 0 Å². The van der Waals surface area contributed by atoms with Crippen LogP contribution < -0.4 is 4.74 Å². The van der Waals surface area contributed by atoms with Crippen LogP contribution in [0.3, 0.4) is 0 Å². The lowest BCUT2D eigenvalue weighted by atomic mass is 9.95. The van der Waals surface area contributed by atoms with Crippen LogP contribution in [0.5, 0.6) is 5.75 Å². The largest absolute Gasteiger partial charge is 0.507 e. The zero-order valence-electron chi connectivity index (χ0n) is 15.4. The molecule has 1 atom stereocenters. The lowest BCUT2D eigenvalue weighted by Crippen LogP contribution is -2.30. The minimum Gasteiger partial charge on any atom is -0.507 e. The Bertz CT molecular complexity index is 953. The predicted molar refractivity (Wildman–Crippen MR) is 109 cm³/mol. The third-order valence-electron chi connectivity index (χ3n) is 4.62. The first-order chi connectivity index (χ1) is 13.4. The number of carbonyl (C=O) groups is 2. The maximum atomic E-state index is 12.8. The Balaban J connectivity index is 2.17. The molecule has 146 valence electrons. The predicted octanol–water partition coefficient (Wildman–Crippen LogP) is 4.83. The van der Waals surface area contributed by atoms with Gasteiger partial charge in [-0.05, 0) is 42.3 Å². The number of hydrogen-bond acceptors (Lipinski definition) is 4. The van der Waals surface area contributed by atoms with Crippen LogP contribution in [0.4, 0.5) is 0 Å². The number of amides is 1. The van der Waals surface area contributed by atoms with Crippen LogP contribution in [-0.4, -0.2) is 35.4 Å². The number of ketones is 1. The van der Waals surface area contributed by atoms with Crippen molar-refractivity contribution in [1.29, 1.82) is 0 Å². The first-order valence-corrected chi connectivity index (χ1v) is 9.52. The van der Waals surface area contributed by atoms with Crippen molar-refractivity contribution in [2.24, 2.45) is 0 Å². The van der Waals surface area contributed by atoms with E-state index in [1.807, 2.05) is 6.92 Å². The summed E-state index contributed by atoms with van der Waals surface area (Å²) in [6, 6.07) is 10.9. The van der Waals surface area contributed by atoms with Crippen molar-refractivity contribution in [3.05, 3.63) is 69.2 Å².